The van der Waals surface area contributed by atoms with Gasteiger partial charge in [-0.3, -0.25) is 19.3 Å². The number of hydrogen-bond acceptors (Lipinski definition) is 3. The van der Waals surface area contributed by atoms with Crippen molar-refractivity contribution in [3.8, 4) is 0 Å². The lowest BCUT2D eigenvalue weighted by Crippen LogP contribution is -2.41. The van der Waals surface area contributed by atoms with Gasteiger partial charge < -0.3 is 5.32 Å². The summed E-state index contributed by atoms with van der Waals surface area (Å²) in [5.74, 6) is -2.45. The van der Waals surface area contributed by atoms with Crippen LogP contribution < -0.4 is 5.32 Å². The maximum Gasteiger partial charge on any atom is 0.244 e. The van der Waals surface area contributed by atoms with Gasteiger partial charge in [-0.15, -0.1) is 0 Å². The second-order valence-electron chi connectivity index (χ2n) is 8.70. The van der Waals surface area contributed by atoms with Gasteiger partial charge in [0.15, 0.2) is 0 Å². The molecule has 4 aliphatic rings. The molecule has 0 saturated carbocycles. The van der Waals surface area contributed by atoms with Crippen molar-refractivity contribution in [2.75, 3.05) is 11.9 Å². The van der Waals surface area contributed by atoms with E-state index in [4.69, 9.17) is 23.2 Å². The van der Waals surface area contributed by atoms with Crippen LogP contribution in [0.5, 0.6) is 0 Å². The Morgan fingerprint density at radius 3 is 1.73 bits per heavy atom. The van der Waals surface area contributed by atoms with Crippen molar-refractivity contribution in [1.29, 1.82) is 0 Å². The number of anilines is 1. The predicted molar refractivity (Wildman–Crippen MR) is 125 cm³/mol. The van der Waals surface area contributed by atoms with Crippen molar-refractivity contribution in [1.82, 2.24) is 4.90 Å². The molecule has 1 saturated heterocycles. The van der Waals surface area contributed by atoms with E-state index in [9.17, 15) is 14.4 Å². The molecule has 0 aromatic heterocycles. The van der Waals surface area contributed by atoms with E-state index in [2.05, 4.69) is 29.6 Å². The molecule has 0 radical (unpaired) electrons. The monoisotopic (exact) mass is 476 g/mol. The van der Waals surface area contributed by atoms with Crippen molar-refractivity contribution in [2.45, 2.75) is 11.8 Å². The predicted octanol–water partition coefficient (Wildman–Crippen LogP) is 4.82. The maximum absolute atomic E-state index is 13.5. The van der Waals surface area contributed by atoms with Crippen molar-refractivity contribution in [3.05, 3.63) is 99.0 Å². The number of likely N-dealkylation sites (tertiary alicyclic amines) is 1. The first-order chi connectivity index (χ1) is 16.0. The molecule has 3 aromatic rings. The molecule has 7 rings (SSSR count). The Morgan fingerprint density at radius 2 is 1.27 bits per heavy atom. The second kappa shape index (κ2) is 7.44. The van der Waals surface area contributed by atoms with Gasteiger partial charge in [0.25, 0.3) is 0 Å². The smallest absolute Gasteiger partial charge is 0.244 e. The molecule has 3 amide bonds. The second-order valence-corrected chi connectivity index (χ2v) is 9.54. The number of hydrogen-bond donors (Lipinski definition) is 1. The van der Waals surface area contributed by atoms with Gasteiger partial charge in [0.05, 0.1) is 22.5 Å². The van der Waals surface area contributed by atoms with Gasteiger partial charge in [0.2, 0.25) is 17.7 Å². The molecule has 164 valence electrons. The Labute approximate surface area is 200 Å². The summed E-state index contributed by atoms with van der Waals surface area (Å²) in [7, 11) is 0. The Balaban J connectivity index is 1.34. The molecule has 2 bridgehead atoms. The van der Waals surface area contributed by atoms with Gasteiger partial charge in [0, 0.05) is 16.9 Å². The zero-order valence-corrected chi connectivity index (χ0v) is 18.8. The number of nitrogens with zero attached hydrogens (tertiary/aromatic N) is 1. The molecular weight excluding hydrogens is 459 g/mol. The van der Waals surface area contributed by atoms with Crippen molar-refractivity contribution in [2.24, 2.45) is 11.8 Å². The third-order valence-corrected chi connectivity index (χ3v) is 7.59. The van der Waals surface area contributed by atoms with Crippen LogP contribution in [0, 0.1) is 11.8 Å². The van der Waals surface area contributed by atoms with E-state index in [1.165, 1.54) is 6.07 Å². The summed E-state index contributed by atoms with van der Waals surface area (Å²) in [5.41, 5.74) is 4.78. The summed E-state index contributed by atoms with van der Waals surface area (Å²) in [5, 5.41) is 3.41. The van der Waals surface area contributed by atoms with Crippen molar-refractivity contribution in [3.63, 3.8) is 0 Å². The van der Waals surface area contributed by atoms with Crippen LogP contribution in [0.4, 0.5) is 5.69 Å². The fourth-order valence-electron chi connectivity index (χ4n) is 5.82. The molecule has 5 nitrogen and oxygen atoms in total. The quantitative estimate of drug-likeness (QED) is 0.550. The fourth-order valence-corrected chi connectivity index (χ4v) is 6.27. The molecule has 1 heterocycles. The molecule has 1 aliphatic heterocycles. The molecule has 0 unspecified atom stereocenters. The largest absolute Gasteiger partial charge is 0.323 e. The highest BCUT2D eigenvalue weighted by molar-refractivity contribution is 6.36. The minimum absolute atomic E-state index is 0.192. The lowest BCUT2D eigenvalue weighted by Gasteiger charge is -2.45. The van der Waals surface area contributed by atoms with Gasteiger partial charge in [-0.1, -0.05) is 71.7 Å². The van der Waals surface area contributed by atoms with Gasteiger partial charge in [-0.25, -0.2) is 0 Å². The fraction of sp³-hybridized carbons (Fsp3) is 0.192. The number of halogens is 2. The molecule has 1 N–H and O–H groups in total. The lowest BCUT2D eigenvalue weighted by molar-refractivity contribution is -0.142. The molecule has 3 aromatic carbocycles. The zero-order valence-electron chi connectivity index (χ0n) is 17.3. The molecule has 0 spiro atoms. The number of benzene rings is 3. The minimum atomic E-state index is -0.501. The topological polar surface area (TPSA) is 66.5 Å². The summed E-state index contributed by atoms with van der Waals surface area (Å²) in [6.07, 6.45) is 0. The Morgan fingerprint density at radius 1 is 0.788 bits per heavy atom. The van der Waals surface area contributed by atoms with Gasteiger partial charge in [-0.05, 0) is 40.5 Å². The first-order valence-corrected chi connectivity index (χ1v) is 11.5. The van der Waals surface area contributed by atoms with E-state index in [0.717, 1.165) is 27.2 Å². The number of rotatable bonds is 3. The third kappa shape index (κ3) is 2.96. The number of carbonyl (C=O) groups excluding carboxylic acids is 3. The van der Waals surface area contributed by atoms with Crippen LogP contribution >= 0.6 is 23.2 Å². The van der Waals surface area contributed by atoms with E-state index in [1.54, 1.807) is 12.1 Å². The maximum atomic E-state index is 13.5. The average Bonchev–Trinajstić information content (AvgIpc) is 3.06. The highest BCUT2D eigenvalue weighted by Gasteiger charge is 2.61. The Kier molecular flexibility index (Phi) is 4.61. The van der Waals surface area contributed by atoms with E-state index in [-0.39, 0.29) is 35.2 Å². The average molecular weight is 477 g/mol. The van der Waals surface area contributed by atoms with Gasteiger partial charge >= 0.3 is 0 Å². The molecular formula is C26H18Cl2N2O3. The summed E-state index contributed by atoms with van der Waals surface area (Å²) in [6, 6.07) is 20.8. The van der Waals surface area contributed by atoms with E-state index >= 15 is 0 Å². The van der Waals surface area contributed by atoms with Crippen LogP contribution in [0.25, 0.3) is 0 Å². The number of amides is 3. The van der Waals surface area contributed by atoms with Crippen LogP contribution in [-0.2, 0) is 14.4 Å². The highest BCUT2D eigenvalue weighted by Crippen LogP contribution is 2.60. The van der Waals surface area contributed by atoms with Crippen LogP contribution in [0.1, 0.15) is 34.1 Å². The van der Waals surface area contributed by atoms with E-state index < -0.39 is 17.7 Å². The standard InChI is InChI=1S/C26H18Cl2N2O3/c27-13-9-10-19(18(28)11-13)29-20(31)12-30-25(32)23-21-14-5-1-2-6-15(14)22(24(23)26(30)33)17-8-4-3-7-16(17)21/h1-11,21-24H,12H2,(H,29,31)/t21?,22?,23-,24-/m1/s1. The summed E-state index contributed by atoms with van der Waals surface area (Å²) < 4.78 is 0. The van der Waals surface area contributed by atoms with Crippen molar-refractivity contribution >= 4 is 46.6 Å². The number of nitrogens with one attached hydrogen (secondary N) is 1. The number of imide groups is 1. The molecule has 33 heavy (non-hydrogen) atoms. The Hall–Kier alpha value is -3.15. The van der Waals surface area contributed by atoms with Crippen LogP contribution in [-0.4, -0.2) is 29.2 Å². The van der Waals surface area contributed by atoms with Crippen molar-refractivity contribution < 1.29 is 14.4 Å². The third-order valence-electron chi connectivity index (χ3n) is 7.05. The first-order valence-electron chi connectivity index (χ1n) is 10.7. The van der Waals surface area contributed by atoms with E-state index in [1.807, 2.05) is 24.3 Å². The minimum Gasteiger partial charge on any atom is -0.323 e. The Bertz CT molecular complexity index is 1240. The zero-order chi connectivity index (χ0) is 22.9. The molecule has 3 aliphatic carbocycles. The summed E-state index contributed by atoms with van der Waals surface area (Å²) in [6.45, 7) is -0.351. The molecule has 7 heteroatoms. The van der Waals surface area contributed by atoms with Crippen LogP contribution in [0.3, 0.4) is 0 Å². The van der Waals surface area contributed by atoms with E-state index in [0.29, 0.717) is 10.7 Å². The summed E-state index contributed by atoms with van der Waals surface area (Å²) >= 11 is 12.1. The lowest BCUT2D eigenvalue weighted by atomic mass is 9.55. The van der Waals surface area contributed by atoms with Gasteiger partial charge in [-0.2, -0.15) is 0 Å². The SMILES string of the molecule is O=C(CN1C(=O)[C@@H]2C3c4ccccc4C(c4ccccc43)[C@H]2C1=O)Nc1ccc(Cl)cc1Cl. The van der Waals surface area contributed by atoms with Crippen LogP contribution in [0.2, 0.25) is 10.0 Å². The molecule has 2 atom stereocenters. The normalized spacial score (nSPS) is 24.4. The summed E-state index contributed by atoms with van der Waals surface area (Å²) in [4.78, 5) is 41.0. The first kappa shape index (κ1) is 20.5. The highest BCUT2D eigenvalue weighted by atomic mass is 35.5. The van der Waals surface area contributed by atoms with Gasteiger partial charge in [0.1, 0.15) is 6.54 Å². The number of carbonyl (C=O) groups is 3. The molecule has 1 fully saturated rings. The van der Waals surface area contributed by atoms with Crippen LogP contribution in [0.15, 0.2) is 66.7 Å².